The molecule has 9 aromatic rings. The summed E-state index contributed by atoms with van der Waals surface area (Å²) in [7, 11) is -1.28. The number of carbonyl (C=O) groups is 3. The lowest BCUT2D eigenvalue weighted by molar-refractivity contribution is 0.0690. The van der Waals surface area contributed by atoms with E-state index >= 15 is 0 Å². The van der Waals surface area contributed by atoms with Crippen LogP contribution in [0.25, 0.3) is 0 Å². The highest BCUT2D eigenvalue weighted by Gasteiger charge is 2.36. The van der Waals surface area contributed by atoms with Gasteiger partial charge in [0, 0.05) is 163 Å². The number of anilines is 9. The van der Waals surface area contributed by atoms with Crippen LogP contribution < -0.4 is 55.2 Å². The van der Waals surface area contributed by atoms with E-state index in [1.165, 1.54) is 23.9 Å². The first-order valence-electron chi connectivity index (χ1n) is 42.2. The highest BCUT2D eigenvalue weighted by molar-refractivity contribution is 7.98. The number of pyridine rings is 1. The van der Waals surface area contributed by atoms with E-state index in [4.69, 9.17) is 9.88 Å². The number of hydrogen-bond donors (Lipinski definition) is 6. The largest absolute Gasteiger partial charge is 0.496 e. The Balaban J connectivity index is 0.000000158. The molecule has 0 radical (unpaired) electrons. The minimum Gasteiger partial charge on any atom is -0.496 e. The van der Waals surface area contributed by atoms with Crippen molar-refractivity contribution in [2.75, 3.05) is 170 Å². The molecule has 6 saturated heterocycles. The van der Waals surface area contributed by atoms with Gasteiger partial charge in [0.25, 0.3) is 17.7 Å². The molecule has 0 saturated carbocycles. The Morgan fingerprint density at radius 2 is 0.828 bits per heavy atom. The standard InChI is InChI=1S/C33H39N5O2.C32H38N6O3S.C31H35FN6O2/c1-23-8-4-6-10-31(23)38-17-16-37(21-28(38)22-39)33(40)29-19-30(25(3)18-24(29)2)35-27-12-14-36(15-13-27)32-11-7-5-9-26(32)20-34;1-23-20-30(41-2)26(21-27(23)35-25-12-14-36(15-13-25)28-9-5-4-8-24(28)22-33)32(39)38-18-16-37(17-19-38)29-10-6-7-11-31(29)42(3,34)40;1-21-16-22(2)28(35-24-9-12-36(13-10-24)29-8-4-3-6-23(29)18-33)17-26(21)31(40)37-14-15-38(25(19-37)20-39)30-27(32)7-5-11-34-30/h4-11,18-19,27-28,35,39H,12-17,21-22H2,1-3H3;4-11,20-21,25,35H,3,12-19H2,1-2H3,(H2,34,40);3-8,11,16-17,24-25,35,39H,9-10,12-15,19-20H2,1-2H3/t28-;;25-/m0.0/s1. The van der Waals surface area contributed by atoms with Crippen LogP contribution in [0, 0.1) is 81.4 Å². The number of amides is 3. The topological polar surface area (TPSA) is 294 Å². The predicted octanol–water partition coefficient (Wildman–Crippen LogP) is 12.9. The smallest absolute Gasteiger partial charge is 0.257 e. The minimum atomic E-state index is -2.87. The van der Waals surface area contributed by atoms with Gasteiger partial charge in [0.2, 0.25) is 0 Å². The van der Waals surface area contributed by atoms with Gasteiger partial charge in [-0.15, -0.1) is 0 Å². The zero-order valence-electron chi connectivity index (χ0n) is 70.9. The van der Waals surface area contributed by atoms with Crippen molar-refractivity contribution < 1.29 is 37.9 Å². The number of piperidine rings is 3. The Morgan fingerprint density at radius 1 is 0.459 bits per heavy atom. The van der Waals surface area contributed by atoms with Crippen LogP contribution >= 0.6 is 0 Å². The van der Waals surface area contributed by atoms with Gasteiger partial charge in [-0.3, -0.25) is 19.5 Å². The first kappa shape index (κ1) is 87.4. The fourth-order valence-electron chi connectivity index (χ4n) is 17.8. The fourth-order valence-corrected chi connectivity index (χ4v) is 18.6. The molecule has 24 nitrogen and oxygen atoms in total. The zero-order chi connectivity index (χ0) is 86.3. The molecular weight excluding hydrogens is 1550 g/mol. The number of rotatable bonds is 19. The molecule has 0 bridgehead atoms. The fraction of sp³-hybridized carbons (Fsp3) is 0.375. The number of aliphatic hydroxyl groups excluding tert-OH is 2. The van der Waals surface area contributed by atoms with E-state index in [1.807, 2.05) is 171 Å². The number of aliphatic hydroxyl groups is 2. The number of ether oxygens (including phenoxy) is 1. The molecule has 122 heavy (non-hydrogen) atoms. The molecular formula is C96H112FN17O7S. The van der Waals surface area contributed by atoms with Crippen molar-refractivity contribution in [2.45, 2.75) is 115 Å². The predicted molar refractivity (Wildman–Crippen MR) is 486 cm³/mol. The number of aromatic nitrogens is 1. The van der Waals surface area contributed by atoms with Crippen LogP contribution in [0.2, 0.25) is 0 Å². The van der Waals surface area contributed by atoms with Crippen LogP contribution in [0.1, 0.15) is 120 Å². The summed E-state index contributed by atoms with van der Waals surface area (Å²) in [5.41, 5.74) is 18.0. The summed E-state index contributed by atoms with van der Waals surface area (Å²) in [5.74, 6) is 3.83. The molecule has 3 atom stereocenters. The first-order valence-corrected chi connectivity index (χ1v) is 44.0. The van der Waals surface area contributed by atoms with Gasteiger partial charge in [-0.05, 0) is 210 Å². The van der Waals surface area contributed by atoms with E-state index in [2.05, 4.69) is 102 Å². The number of benzene rings is 8. The number of nitrogens with one attached hydrogen (secondary N) is 3. The molecule has 0 aliphatic carbocycles. The summed E-state index contributed by atoms with van der Waals surface area (Å²) in [6.45, 7) is 22.2. The van der Waals surface area contributed by atoms with Gasteiger partial charge >= 0.3 is 0 Å². The normalized spacial score (nSPS) is 17.8. The number of hydrogen-bond acceptors (Lipinski definition) is 20. The maximum atomic E-state index is 14.4. The molecule has 1 aromatic heterocycles. The Morgan fingerprint density at radius 3 is 1.25 bits per heavy atom. The van der Waals surface area contributed by atoms with E-state index in [0.29, 0.717) is 97.8 Å². The quantitative estimate of drug-likeness (QED) is 0.0410. The second-order valence-corrected chi connectivity index (χ2v) is 34.5. The first-order chi connectivity index (χ1) is 59.0. The van der Waals surface area contributed by atoms with E-state index in [-0.39, 0.29) is 61.4 Å². The van der Waals surface area contributed by atoms with Gasteiger partial charge in [-0.2, -0.15) is 15.8 Å². The van der Waals surface area contributed by atoms with Gasteiger partial charge in [0.05, 0.1) is 92.0 Å². The lowest BCUT2D eigenvalue weighted by Gasteiger charge is -2.42. The number of nitrogens with two attached hydrogens (primary N) is 1. The number of carbonyl (C=O) groups excluding carboxylic acids is 3. The molecule has 6 fully saturated rings. The number of nitrogens with zero attached hydrogens (tertiary/aromatic N) is 13. The summed E-state index contributed by atoms with van der Waals surface area (Å²) in [5, 5.41) is 65.7. The van der Waals surface area contributed by atoms with Crippen molar-refractivity contribution in [1.82, 2.24) is 19.7 Å². The zero-order valence-corrected chi connectivity index (χ0v) is 71.7. The molecule has 26 heteroatoms. The number of nitriles is 3. The number of halogens is 1. The molecule has 0 spiro atoms. The Hall–Kier alpha value is -12.4. The molecule has 636 valence electrons. The molecule has 6 aliphatic heterocycles. The van der Waals surface area contributed by atoms with E-state index < -0.39 is 21.6 Å². The molecule has 8 aromatic carbocycles. The van der Waals surface area contributed by atoms with Gasteiger partial charge in [0.1, 0.15) is 24.0 Å². The molecule has 7 heterocycles. The number of piperazine rings is 3. The Bertz CT molecular complexity index is 5270. The van der Waals surface area contributed by atoms with Crippen LogP contribution in [0.3, 0.4) is 0 Å². The Kier molecular flexibility index (Phi) is 28.6. The van der Waals surface area contributed by atoms with Crippen molar-refractivity contribution in [3.8, 4) is 24.0 Å². The Labute approximate surface area is 717 Å². The van der Waals surface area contributed by atoms with Crippen LogP contribution in [0.15, 0.2) is 181 Å². The average molecular weight is 1670 g/mol. The summed E-state index contributed by atoms with van der Waals surface area (Å²) in [6, 6.07) is 60.8. The van der Waals surface area contributed by atoms with Crippen molar-refractivity contribution in [3.05, 3.63) is 249 Å². The highest BCUT2D eigenvalue weighted by Crippen LogP contribution is 2.37. The third-order valence-electron chi connectivity index (χ3n) is 24.6. The molecule has 3 amide bonds. The number of methoxy groups -OCH3 is 1. The van der Waals surface area contributed by atoms with Gasteiger partial charge in [-0.25, -0.2) is 13.6 Å². The monoisotopic (exact) mass is 1670 g/mol. The van der Waals surface area contributed by atoms with E-state index in [1.54, 1.807) is 23.0 Å². The van der Waals surface area contributed by atoms with Crippen molar-refractivity contribution >= 4 is 84.6 Å². The molecule has 15 rings (SSSR count). The lowest BCUT2D eigenvalue weighted by atomic mass is 9.99. The van der Waals surface area contributed by atoms with Crippen molar-refractivity contribution in [2.24, 2.45) is 5.14 Å². The van der Waals surface area contributed by atoms with Crippen molar-refractivity contribution in [1.29, 1.82) is 15.8 Å². The van der Waals surface area contributed by atoms with Crippen LogP contribution in [-0.2, 0) is 9.71 Å². The number of aryl methyl sites for hydroxylation is 6. The maximum absolute atomic E-state index is 14.4. The minimum absolute atomic E-state index is 0.00462. The third kappa shape index (κ3) is 20.3. The van der Waals surface area contributed by atoms with Gasteiger partial charge in [0.15, 0.2) is 11.6 Å². The van der Waals surface area contributed by atoms with Crippen LogP contribution in [0.4, 0.5) is 55.7 Å². The molecule has 1 unspecified atom stereocenters. The van der Waals surface area contributed by atoms with Crippen molar-refractivity contribution in [3.63, 3.8) is 0 Å². The van der Waals surface area contributed by atoms with Crippen LogP contribution in [0.5, 0.6) is 5.75 Å². The van der Waals surface area contributed by atoms with E-state index in [9.17, 15) is 49.0 Å². The summed E-state index contributed by atoms with van der Waals surface area (Å²) in [4.78, 5) is 64.3. The second kappa shape index (κ2) is 39.9. The lowest BCUT2D eigenvalue weighted by Crippen LogP contribution is -2.56. The van der Waals surface area contributed by atoms with Gasteiger partial charge in [-0.1, -0.05) is 78.9 Å². The summed E-state index contributed by atoms with van der Waals surface area (Å²) < 4.78 is 32.6. The maximum Gasteiger partial charge on any atom is 0.257 e. The number of para-hydroxylation sites is 5. The van der Waals surface area contributed by atoms with Crippen LogP contribution in [-0.4, -0.2) is 213 Å². The molecule has 6 aliphatic rings. The molecule has 7 N–H and O–H groups in total. The van der Waals surface area contributed by atoms with Gasteiger partial charge < -0.3 is 75.0 Å². The van der Waals surface area contributed by atoms with E-state index in [0.717, 1.165) is 162 Å². The second-order valence-electron chi connectivity index (χ2n) is 32.6. The average Bonchev–Trinajstić information content (AvgIpc) is 0.793. The third-order valence-corrected chi connectivity index (χ3v) is 25.7. The SMILES string of the molecule is C=S(N)(=O)c1ccccc1N1CCN(C(=O)c2cc(NC3CCN(c4ccccc4C#N)CC3)c(C)cc2OC)CC1.Cc1cc(C)c(C(=O)N2CCN(c3ccccc3C)[C@H](CO)C2)cc1NC1CCN(c2ccccc2C#N)CC1.Cc1cc(C)c(C(=O)N2CCN(c3ncccc3F)[C@H](CO)C2)cc1NC1CCN(c2ccccc2C#N)CC1. The highest BCUT2D eigenvalue weighted by atomic mass is 32.2. The summed E-state index contributed by atoms with van der Waals surface area (Å²) >= 11 is 0. The summed E-state index contributed by atoms with van der Waals surface area (Å²) in [6.07, 6.45) is 7.11.